The zero-order valence-corrected chi connectivity index (χ0v) is 23.5. The van der Waals surface area contributed by atoms with Crippen molar-refractivity contribution in [2.75, 3.05) is 9.80 Å². The average molecular weight is 493 g/mol. The monoisotopic (exact) mass is 492 g/mol. The molecule has 1 unspecified atom stereocenters. The number of hydrogen-bond donors (Lipinski definition) is 1. The van der Waals surface area contributed by atoms with E-state index in [1.54, 1.807) is 0 Å². The molecule has 0 amide bonds. The fraction of sp³-hybridized carbons (Fsp3) is 0.394. The largest absolute Gasteiger partial charge is 0.301 e. The molecule has 192 valence electrons. The van der Waals surface area contributed by atoms with Gasteiger partial charge in [-0.2, -0.15) is 0 Å². The average Bonchev–Trinajstić information content (AvgIpc) is 3.27. The van der Waals surface area contributed by atoms with E-state index in [1.807, 2.05) is 0 Å². The van der Waals surface area contributed by atoms with E-state index in [4.69, 9.17) is 4.99 Å². The first-order chi connectivity index (χ1) is 17.5. The predicted octanol–water partition coefficient (Wildman–Crippen LogP) is 8.33. The highest BCUT2D eigenvalue weighted by molar-refractivity contribution is 6.52. The summed E-state index contributed by atoms with van der Waals surface area (Å²) in [6.45, 7) is 17.8. The number of amidine groups is 2. The minimum absolute atomic E-state index is 0.0524. The number of rotatable bonds is 5. The lowest BCUT2D eigenvalue weighted by molar-refractivity contribution is 0.456. The van der Waals surface area contributed by atoms with E-state index >= 15 is 0 Å². The van der Waals surface area contributed by atoms with Crippen molar-refractivity contribution in [3.8, 4) is 11.1 Å². The maximum atomic E-state index is 9.39. The molecule has 1 fully saturated rings. The molecule has 0 saturated carbocycles. The fourth-order valence-electron chi connectivity index (χ4n) is 5.93. The number of aliphatic imine (C=N–C) groups is 1. The van der Waals surface area contributed by atoms with Gasteiger partial charge in [-0.1, -0.05) is 90.1 Å². The molecule has 0 aromatic heterocycles. The normalized spacial score (nSPS) is 19.5. The summed E-state index contributed by atoms with van der Waals surface area (Å²) in [5.74, 6) is 2.10. The molecule has 2 aliphatic rings. The van der Waals surface area contributed by atoms with Gasteiger partial charge >= 0.3 is 0 Å². The smallest absolute Gasteiger partial charge is 0.173 e. The topological polar surface area (TPSA) is 42.7 Å². The van der Waals surface area contributed by atoms with Crippen molar-refractivity contribution >= 4 is 23.0 Å². The lowest BCUT2D eigenvalue weighted by Crippen LogP contribution is -2.48. The quantitative estimate of drug-likeness (QED) is 0.389. The van der Waals surface area contributed by atoms with Gasteiger partial charge in [0.2, 0.25) is 0 Å². The molecule has 0 aliphatic carbocycles. The first-order valence-corrected chi connectivity index (χ1v) is 13.6. The third-order valence-electron chi connectivity index (χ3n) is 7.86. The van der Waals surface area contributed by atoms with E-state index in [0.717, 1.165) is 17.2 Å². The molecular formula is C33H40N4. The fourth-order valence-corrected chi connectivity index (χ4v) is 5.93. The number of fused-ring (bicyclic) bond motifs is 3. The van der Waals surface area contributed by atoms with Crippen LogP contribution >= 0.6 is 0 Å². The van der Waals surface area contributed by atoms with Gasteiger partial charge in [0, 0.05) is 22.8 Å². The highest BCUT2D eigenvalue weighted by Gasteiger charge is 2.56. The second-order valence-corrected chi connectivity index (χ2v) is 12.0. The van der Waals surface area contributed by atoms with Gasteiger partial charge in [0.25, 0.3) is 0 Å². The Morgan fingerprint density at radius 2 is 1.46 bits per heavy atom. The molecule has 37 heavy (non-hydrogen) atoms. The van der Waals surface area contributed by atoms with E-state index in [2.05, 4.69) is 132 Å². The third kappa shape index (κ3) is 4.07. The van der Waals surface area contributed by atoms with Crippen molar-refractivity contribution in [3.05, 3.63) is 83.4 Å². The van der Waals surface area contributed by atoms with Crippen LogP contribution in [0.25, 0.3) is 11.1 Å². The lowest BCUT2D eigenvalue weighted by Gasteiger charge is -2.35. The molecular weight excluding hydrogens is 452 g/mol. The molecule has 4 nitrogen and oxygen atoms in total. The first kappa shape index (κ1) is 25.3. The number of benzene rings is 3. The van der Waals surface area contributed by atoms with Crippen LogP contribution in [-0.4, -0.2) is 23.9 Å². The van der Waals surface area contributed by atoms with Crippen LogP contribution in [0.15, 0.2) is 71.7 Å². The molecule has 0 bridgehead atoms. The molecule has 0 radical (unpaired) electrons. The maximum Gasteiger partial charge on any atom is 0.173 e. The molecule has 3 aromatic rings. The van der Waals surface area contributed by atoms with Gasteiger partial charge in [0.15, 0.2) is 11.7 Å². The zero-order chi connectivity index (χ0) is 26.6. The Morgan fingerprint density at radius 1 is 0.811 bits per heavy atom. The Hall–Kier alpha value is -3.40. The minimum Gasteiger partial charge on any atom is -0.301 e. The Labute approximate surface area is 222 Å². The van der Waals surface area contributed by atoms with Gasteiger partial charge in [0.05, 0.1) is 0 Å². The summed E-state index contributed by atoms with van der Waals surface area (Å²) in [4.78, 5) is 9.53. The van der Waals surface area contributed by atoms with E-state index in [1.165, 1.54) is 27.8 Å². The summed E-state index contributed by atoms with van der Waals surface area (Å²) in [5.41, 5.74) is 8.45. The lowest BCUT2D eigenvalue weighted by atomic mass is 9.80. The molecule has 1 atom stereocenters. The van der Waals surface area contributed by atoms with Crippen LogP contribution in [-0.2, 0) is 5.41 Å². The number of nitrogens with one attached hydrogen (secondary N) is 1. The Morgan fingerprint density at radius 3 is 2.03 bits per heavy atom. The summed E-state index contributed by atoms with van der Waals surface area (Å²) < 4.78 is 0. The molecule has 1 saturated heterocycles. The summed E-state index contributed by atoms with van der Waals surface area (Å²) in [7, 11) is 0. The Balaban J connectivity index is 1.72. The van der Waals surface area contributed by atoms with E-state index in [0.29, 0.717) is 17.7 Å². The number of anilines is 2. The molecule has 2 heterocycles. The summed E-state index contributed by atoms with van der Waals surface area (Å²) >= 11 is 0. The van der Waals surface area contributed by atoms with Gasteiger partial charge < -0.3 is 9.80 Å². The van der Waals surface area contributed by atoms with Crippen molar-refractivity contribution in [2.24, 2.45) is 4.99 Å². The standard InChI is InChI=1S/C33H40N4/c1-20(2)23-14-16-25(17-15-23)36-31(35-22(5)6)30(34)37-29-19-27(24-12-10-9-11-13-24)26(21(3)4)18-28(29)33(7,8)32(36)37/h9-22,32,34H,1-8H3. The van der Waals surface area contributed by atoms with Crippen LogP contribution in [0.3, 0.4) is 0 Å². The molecule has 5 rings (SSSR count). The molecule has 1 N–H and O–H groups in total. The molecule has 2 aliphatic heterocycles. The maximum absolute atomic E-state index is 9.39. The van der Waals surface area contributed by atoms with Gasteiger partial charge in [-0.05, 0) is 71.7 Å². The van der Waals surface area contributed by atoms with Gasteiger partial charge in [-0.15, -0.1) is 0 Å². The number of nitrogens with zero attached hydrogens (tertiary/aromatic N) is 3. The second-order valence-electron chi connectivity index (χ2n) is 12.0. The Kier molecular flexibility index (Phi) is 6.26. The SMILES string of the molecule is CC(C)N=C1C(=N)N2c3cc(-c4ccccc4)c(C(C)C)cc3C(C)(C)C2N1c1ccc(C(C)C)cc1. The van der Waals surface area contributed by atoms with E-state index < -0.39 is 0 Å². The summed E-state index contributed by atoms with van der Waals surface area (Å²) in [6, 6.07) is 24.3. The van der Waals surface area contributed by atoms with Crippen molar-refractivity contribution in [1.82, 2.24) is 0 Å². The van der Waals surface area contributed by atoms with Crippen molar-refractivity contribution in [2.45, 2.75) is 84.8 Å². The van der Waals surface area contributed by atoms with Gasteiger partial charge in [0.1, 0.15) is 6.17 Å². The Bertz CT molecular complexity index is 1350. The first-order valence-electron chi connectivity index (χ1n) is 13.6. The molecule has 3 aromatic carbocycles. The minimum atomic E-state index is -0.217. The van der Waals surface area contributed by atoms with Crippen LogP contribution in [0.4, 0.5) is 11.4 Å². The van der Waals surface area contributed by atoms with Crippen LogP contribution in [0.2, 0.25) is 0 Å². The van der Waals surface area contributed by atoms with Crippen molar-refractivity contribution in [1.29, 1.82) is 5.41 Å². The van der Waals surface area contributed by atoms with E-state index in [-0.39, 0.29) is 17.6 Å². The predicted molar refractivity (Wildman–Crippen MR) is 159 cm³/mol. The zero-order valence-electron chi connectivity index (χ0n) is 23.5. The summed E-state index contributed by atoms with van der Waals surface area (Å²) in [5, 5.41) is 9.39. The van der Waals surface area contributed by atoms with Crippen LogP contribution in [0.5, 0.6) is 0 Å². The van der Waals surface area contributed by atoms with Crippen molar-refractivity contribution in [3.63, 3.8) is 0 Å². The van der Waals surface area contributed by atoms with Gasteiger partial charge in [-0.25, -0.2) is 0 Å². The van der Waals surface area contributed by atoms with Crippen LogP contribution < -0.4 is 9.80 Å². The highest BCUT2D eigenvalue weighted by atomic mass is 15.5. The molecule has 4 heteroatoms. The second kappa shape index (κ2) is 9.16. The van der Waals surface area contributed by atoms with Crippen LogP contribution in [0, 0.1) is 5.41 Å². The summed E-state index contributed by atoms with van der Waals surface area (Å²) in [6.07, 6.45) is -0.0524. The third-order valence-corrected chi connectivity index (χ3v) is 7.86. The van der Waals surface area contributed by atoms with E-state index in [9.17, 15) is 5.41 Å². The van der Waals surface area contributed by atoms with Crippen LogP contribution in [0.1, 0.15) is 83.9 Å². The van der Waals surface area contributed by atoms with Gasteiger partial charge in [-0.3, -0.25) is 10.4 Å². The molecule has 0 spiro atoms. The van der Waals surface area contributed by atoms with Crippen molar-refractivity contribution < 1.29 is 0 Å². The number of hydrogen-bond acceptors (Lipinski definition) is 2. The highest BCUT2D eigenvalue weighted by Crippen LogP contribution is 2.53.